The van der Waals surface area contributed by atoms with Crippen LogP contribution in [-0.4, -0.2) is 42.8 Å². The van der Waals surface area contributed by atoms with E-state index in [0.29, 0.717) is 6.54 Å². The van der Waals surface area contributed by atoms with Gasteiger partial charge in [0.2, 0.25) is 0 Å². The highest BCUT2D eigenvalue weighted by Gasteiger charge is 2.38. The van der Waals surface area contributed by atoms with Gasteiger partial charge >= 0.3 is 0 Å². The van der Waals surface area contributed by atoms with Gasteiger partial charge < -0.3 is 10.0 Å². The maximum Gasteiger partial charge on any atom is 0.254 e. The minimum atomic E-state index is -0.396. The Kier molecular flexibility index (Phi) is 4.89. The maximum absolute atomic E-state index is 13.1. The van der Waals surface area contributed by atoms with Crippen LogP contribution in [0.4, 0.5) is 0 Å². The van der Waals surface area contributed by atoms with Crippen molar-refractivity contribution in [3.05, 3.63) is 70.2 Å². The lowest BCUT2D eigenvalue weighted by molar-refractivity contribution is 0.0479. The largest absolute Gasteiger partial charge is 0.391 e. The number of rotatable bonds is 4. The Labute approximate surface area is 182 Å². The zero-order chi connectivity index (χ0) is 21.7. The number of aromatic nitrogens is 3. The predicted octanol–water partition coefficient (Wildman–Crippen LogP) is 3.56. The summed E-state index contributed by atoms with van der Waals surface area (Å²) in [5.74, 6) is 0.0581. The first-order valence-corrected chi connectivity index (χ1v) is 11.0. The van der Waals surface area contributed by atoms with Gasteiger partial charge in [0.25, 0.3) is 5.91 Å². The summed E-state index contributed by atoms with van der Waals surface area (Å²) in [7, 11) is 1.91. The smallest absolute Gasteiger partial charge is 0.254 e. The Balaban J connectivity index is 1.37. The van der Waals surface area contributed by atoms with Crippen LogP contribution in [0.3, 0.4) is 0 Å². The van der Waals surface area contributed by atoms with E-state index in [1.807, 2.05) is 43.4 Å². The zero-order valence-electron chi connectivity index (χ0n) is 18.3. The van der Waals surface area contributed by atoms with E-state index in [-0.39, 0.29) is 11.9 Å². The van der Waals surface area contributed by atoms with Gasteiger partial charge in [-0.2, -0.15) is 5.10 Å². The van der Waals surface area contributed by atoms with Crippen molar-refractivity contribution in [1.82, 2.24) is 19.7 Å². The van der Waals surface area contributed by atoms with E-state index >= 15 is 0 Å². The van der Waals surface area contributed by atoms with Crippen LogP contribution in [0.25, 0.3) is 11.3 Å². The summed E-state index contributed by atoms with van der Waals surface area (Å²) in [5.41, 5.74) is 8.24. The lowest BCUT2D eigenvalue weighted by Gasteiger charge is -2.26. The molecule has 0 radical (unpaired) electrons. The number of aryl methyl sites for hydroxylation is 3. The van der Waals surface area contributed by atoms with Crippen LogP contribution in [0, 0.1) is 13.8 Å². The van der Waals surface area contributed by atoms with Crippen molar-refractivity contribution in [2.75, 3.05) is 0 Å². The third-order valence-corrected chi connectivity index (χ3v) is 6.75. The second kappa shape index (κ2) is 7.61. The van der Waals surface area contributed by atoms with E-state index in [0.717, 1.165) is 64.9 Å². The van der Waals surface area contributed by atoms with Crippen LogP contribution in [0.2, 0.25) is 0 Å². The Morgan fingerprint density at radius 3 is 2.65 bits per heavy atom. The molecular weight excluding hydrogens is 388 g/mol. The molecule has 2 atom stereocenters. The van der Waals surface area contributed by atoms with Gasteiger partial charge in [0, 0.05) is 37.1 Å². The highest BCUT2D eigenvalue weighted by Crippen LogP contribution is 2.33. The predicted molar refractivity (Wildman–Crippen MR) is 119 cm³/mol. The molecule has 0 saturated heterocycles. The Hall–Kier alpha value is -2.99. The van der Waals surface area contributed by atoms with Crippen molar-refractivity contribution >= 4 is 5.91 Å². The lowest BCUT2D eigenvalue weighted by Crippen LogP contribution is -2.40. The van der Waals surface area contributed by atoms with E-state index in [2.05, 4.69) is 29.1 Å². The normalized spacial score (nSPS) is 20.5. The number of benzene rings is 1. The van der Waals surface area contributed by atoms with Crippen LogP contribution in [0.1, 0.15) is 57.6 Å². The van der Waals surface area contributed by atoms with Crippen molar-refractivity contribution in [3.63, 3.8) is 0 Å². The number of hydrogen-bond donors (Lipinski definition) is 1. The van der Waals surface area contributed by atoms with Crippen LogP contribution >= 0.6 is 0 Å². The molecule has 1 N–H and O–H groups in total. The number of pyridine rings is 1. The molecule has 2 aromatic heterocycles. The van der Waals surface area contributed by atoms with Crippen molar-refractivity contribution in [3.8, 4) is 11.3 Å². The third-order valence-electron chi connectivity index (χ3n) is 6.75. The van der Waals surface area contributed by atoms with Crippen molar-refractivity contribution in [2.24, 2.45) is 7.05 Å². The first-order valence-electron chi connectivity index (χ1n) is 11.0. The number of carbonyl (C=O) groups is 1. The van der Waals surface area contributed by atoms with Gasteiger partial charge in [-0.1, -0.05) is 12.1 Å². The van der Waals surface area contributed by atoms with Gasteiger partial charge in [0.05, 0.1) is 23.5 Å². The summed E-state index contributed by atoms with van der Waals surface area (Å²) in [6.07, 6.45) is 6.90. The quantitative estimate of drug-likeness (QED) is 0.706. The topological polar surface area (TPSA) is 71.2 Å². The first-order chi connectivity index (χ1) is 14.9. The first kappa shape index (κ1) is 19.9. The molecule has 5 rings (SSSR count). The molecule has 6 heteroatoms. The monoisotopic (exact) mass is 416 g/mol. The second-order valence-corrected chi connectivity index (χ2v) is 8.96. The van der Waals surface area contributed by atoms with Gasteiger partial charge in [-0.05, 0) is 73.9 Å². The van der Waals surface area contributed by atoms with Crippen molar-refractivity contribution in [1.29, 1.82) is 0 Å². The van der Waals surface area contributed by atoms with E-state index in [1.54, 1.807) is 4.68 Å². The Morgan fingerprint density at radius 1 is 1.16 bits per heavy atom. The Morgan fingerprint density at radius 2 is 2.00 bits per heavy atom. The number of fused-ring (bicyclic) bond motifs is 1. The van der Waals surface area contributed by atoms with Gasteiger partial charge in [-0.15, -0.1) is 0 Å². The summed E-state index contributed by atoms with van der Waals surface area (Å²) in [6, 6.07) is 8.29. The summed E-state index contributed by atoms with van der Waals surface area (Å²) in [4.78, 5) is 19.6. The molecule has 1 fully saturated rings. The summed E-state index contributed by atoms with van der Waals surface area (Å²) >= 11 is 0. The van der Waals surface area contributed by atoms with E-state index in [4.69, 9.17) is 0 Å². The lowest BCUT2D eigenvalue weighted by atomic mass is 9.96. The molecule has 6 nitrogen and oxygen atoms in total. The van der Waals surface area contributed by atoms with Crippen LogP contribution in [0.5, 0.6) is 0 Å². The van der Waals surface area contributed by atoms with Gasteiger partial charge in [0.15, 0.2) is 0 Å². The molecule has 2 aliphatic rings. The molecule has 0 bridgehead atoms. The highest BCUT2D eigenvalue weighted by molar-refractivity contribution is 5.99. The molecule has 0 spiro atoms. The molecule has 3 aromatic rings. The molecule has 1 amide bonds. The fourth-order valence-corrected chi connectivity index (χ4v) is 5.05. The van der Waals surface area contributed by atoms with Crippen LogP contribution in [0.15, 0.2) is 36.7 Å². The van der Waals surface area contributed by atoms with Crippen molar-refractivity contribution < 1.29 is 9.90 Å². The van der Waals surface area contributed by atoms with Crippen LogP contribution < -0.4 is 0 Å². The average Bonchev–Trinajstić information content (AvgIpc) is 3.40. The molecule has 1 aromatic carbocycles. The molecule has 3 heterocycles. The molecule has 160 valence electrons. The maximum atomic E-state index is 13.1. The number of amides is 1. The zero-order valence-corrected chi connectivity index (χ0v) is 18.3. The SMILES string of the molecule is Cc1cc2c(cc1Cc1ccc(-c3cn(C)nc3C)nc1)C(=O)N([C@@H]1CCC[C@H]1O)C2. The number of hydrogen-bond acceptors (Lipinski definition) is 4. The second-order valence-electron chi connectivity index (χ2n) is 8.96. The fourth-order valence-electron chi connectivity index (χ4n) is 5.05. The van der Waals surface area contributed by atoms with Crippen molar-refractivity contribution in [2.45, 2.75) is 58.2 Å². The molecule has 0 unspecified atom stereocenters. The molecule has 1 aliphatic carbocycles. The van der Waals surface area contributed by atoms with E-state index in [1.165, 1.54) is 5.56 Å². The fraction of sp³-hybridized carbons (Fsp3) is 0.400. The van der Waals surface area contributed by atoms with E-state index in [9.17, 15) is 9.90 Å². The average molecular weight is 417 g/mol. The summed E-state index contributed by atoms with van der Waals surface area (Å²) < 4.78 is 1.80. The number of carbonyl (C=O) groups excluding carboxylic acids is 1. The van der Waals surface area contributed by atoms with Gasteiger partial charge in [0.1, 0.15) is 0 Å². The van der Waals surface area contributed by atoms with E-state index < -0.39 is 6.10 Å². The van der Waals surface area contributed by atoms with Gasteiger partial charge in [-0.3, -0.25) is 14.5 Å². The minimum absolute atomic E-state index is 0.0451. The Bertz CT molecular complexity index is 1150. The summed E-state index contributed by atoms with van der Waals surface area (Å²) in [6.45, 7) is 4.70. The summed E-state index contributed by atoms with van der Waals surface area (Å²) in [5, 5.41) is 14.7. The standard InChI is InChI=1S/C25H28N4O2/c1-15-9-19-13-29(23-5-4-6-24(23)30)25(31)20(19)11-18(15)10-17-7-8-22(26-12-17)21-14-28(3)27-16(21)2/h7-9,11-12,14,23-24,30H,4-6,10,13H2,1-3H3/t23-,24-/m1/s1. The van der Waals surface area contributed by atoms with Crippen LogP contribution in [-0.2, 0) is 20.0 Å². The molecular formula is C25H28N4O2. The van der Waals surface area contributed by atoms with Gasteiger partial charge in [-0.25, -0.2) is 0 Å². The molecule has 1 saturated carbocycles. The number of aliphatic hydroxyl groups is 1. The third kappa shape index (κ3) is 3.55. The molecule has 1 aliphatic heterocycles. The molecule has 31 heavy (non-hydrogen) atoms. The highest BCUT2D eigenvalue weighted by atomic mass is 16.3. The minimum Gasteiger partial charge on any atom is -0.391 e. The number of nitrogens with zero attached hydrogens (tertiary/aromatic N) is 4. The number of aliphatic hydroxyl groups excluding tert-OH is 1.